The summed E-state index contributed by atoms with van der Waals surface area (Å²) in [5.41, 5.74) is 0. The SMILES string of the molecule is CNCc1ccc(S(=O)(=O)NCCCCCOC)s1. The standard InChI is InChI=1S/C12H22N2O3S2/c1-13-10-11-6-7-12(18-11)19(15,16)14-8-4-3-5-9-17-2/h6-7,13-14H,3-5,8-10H2,1-2H3. The molecule has 7 heteroatoms. The first kappa shape index (κ1) is 16.6. The predicted molar refractivity (Wildman–Crippen MR) is 78.0 cm³/mol. The van der Waals surface area contributed by atoms with Gasteiger partial charge in [-0.25, -0.2) is 13.1 Å². The number of hydrogen-bond acceptors (Lipinski definition) is 5. The second-order valence-electron chi connectivity index (χ2n) is 4.20. The molecule has 0 saturated carbocycles. The van der Waals surface area contributed by atoms with Crippen molar-refractivity contribution < 1.29 is 13.2 Å². The summed E-state index contributed by atoms with van der Waals surface area (Å²) < 4.78 is 31.9. The van der Waals surface area contributed by atoms with Gasteiger partial charge >= 0.3 is 0 Å². The second kappa shape index (κ2) is 8.65. The van der Waals surface area contributed by atoms with Crippen molar-refractivity contribution in [2.75, 3.05) is 27.3 Å². The van der Waals surface area contributed by atoms with E-state index in [4.69, 9.17) is 4.74 Å². The fraction of sp³-hybridized carbons (Fsp3) is 0.667. The van der Waals surface area contributed by atoms with Gasteiger partial charge in [0.1, 0.15) is 4.21 Å². The molecule has 0 bridgehead atoms. The number of thiophene rings is 1. The number of unbranched alkanes of at least 4 members (excludes halogenated alkanes) is 2. The third-order valence-corrected chi connectivity index (χ3v) is 5.61. The van der Waals surface area contributed by atoms with Crippen LogP contribution in [0, 0.1) is 0 Å². The molecular weight excluding hydrogens is 284 g/mol. The van der Waals surface area contributed by atoms with E-state index >= 15 is 0 Å². The average molecular weight is 306 g/mol. The van der Waals surface area contributed by atoms with Gasteiger partial charge in [0, 0.05) is 31.7 Å². The van der Waals surface area contributed by atoms with Crippen molar-refractivity contribution in [2.24, 2.45) is 0 Å². The zero-order valence-electron chi connectivity index (χ0n) is 11.4. The third kappa shape index (κ3) is 6.01. The molecule has 1 rings (SSSR count). The molecule has 0 aliphatic rings. The quantitative estimate of drug-likeness (QED) is 0.644. The monoisotopic (exact) mass is 306 g/mol. The van der Waals surface area contributed by atoms with Gasteiger partial charge in [-0.1, -0.05) is 0 Å². The molecule has 19 heavy (non-hydrogen) atoms. The minimum atomic E-state index is -3.34. The minimum absolute atomic E-state index is 0.384. The molecule has 1 heterocycles. The highest BCUT2D eigenvalue weighted by molar-refractivity contribution is 7.91. The topological polar surface area (TPSA) is 67.4 Å². The maximum atomic E-state index is 12.0. The molecule has 0 amide bonds. The Morgan fingerprint density at radius 1 is 1.26 bits per heavy atom. The predicted octanol–water partition coefficient (Wildman–Crippen LogP) is 1.56. The molecule has 0 atom stereocenters. The summed E-state index contributed by atoms with van der Waals surface area (Å²) in [6.07, 6.45) is 2.76. The largest absolute Gasteiger partial charge is 0.385 e. The molecule has 0 aliphatic carbocycles. The molecule has 0 fully saturated rings. The molecule has 2 N–H and O–H groups in total. The van der Waals surface area contributed by atoms with E-state index in [1.807, 2.05) is 13.1 Å². The van der Waals surface area contributed by atoms with Gasteiger partial charge in [-0.15, -0.1) is 11.3 Å². The fourth-order valence-electron chi connectivity index (χ4n) is 1.60. The molecule has 0 unspecified atom stereocenters. The fourth-order valence-corrected chi connectivity index (χ4v) is 4.08. The lowest BCUT2D eigenvalue weighted by molar-refractivity contribution is 0.192. The molecule has 0 spiro atoms. The van der Waals surface area contributed by atoms with E-state index in [0.29, 0.717) is 17.3 Å². The maximum absolute atomic E-state index is 12.0. The lowest BCUT2D eigenvalue weighted by atomic mass is 10.2. The summed E-state index contributed by atoms with van der Waals surface area (Å²) in [5, 5.41) is 3.00. The van der Waals surface area contributed by atoms with Crippen LogP contribution in [0.15, 0.2) is 16.3 Å². The number of ether oxygens (including phenoxy) is 1. The van der Waals surface area contributed by atoms with Crippen molar-refractivity contribution in [1.82, 2.24) is 10.0 Å². The first-order valence-electron chi connectivity index (χ1n) is 6.32. The summed E-state index contributed by atoms with van der Waals surface area (Å²) in [6, 6.07) is 3.50. The molecule has 5 nitrogen and oxygen atoms in total. The van der Waals surface area contributed by atoms with Crippen molar-refractivity contribution in [3.8, 4) is 0 Å². The van der Waals surface area contributed by atoms with Crippen LogP contribution in [0.1, 0.15) is 24.1 Å². The first-order valence-corrected chi connectivity index (χ1v) is 8.62. The summed E-state index contributed by atoms with van der Waals surface area (Å²) in [6.45, 7) is 1.90. The number of hydrogen-bond donors (Lipinski definition) is 2. The molecule has 0 aliphatic heterocycles. The molecule has 1 aromatic heterocycles. The Morgan fingerprint density at radius 2 is 2.05 bits per heavy atom. The van der Waals surface area contributed by atoms with Gasteiger partial charge < -0.3 is 10.1 Å². The molecule has 1 aromatic rings. The minimum Gasteiger partial charge on any atom is -0.385 e. The Hall–Kier alpha value is -0.470. The van der Waals surface area contributed by atoms with E-state index in [1.165, 1.54) is 11.3 Å². The summed E-state index contributed by atoms with van der Waals surface area (Å²) in [5.74, 6) is 0. The Morgan fingerprint density at radius 3 is 2.74 bits per heavy atom. The highest BCUT2D eigenvalue weighted by Gasteiger charge is 2.15. The van der Waals surface area contributed by atoms with E-state index in [2.05, 4.69) is 10.0 Å². The Balaban J connectivity index is 2.38. The van der Waals surface area contributed by atoms with Gasteiger partial charge in [0.05, 0.1) is 0 Å². The van der Waals surface area contributed by atoms with Gasteiger partial charge in [-0.05, 0) is 38.4 Å². The molecule has 110 valence electrons. The molecular formula is C12H22N2O3S2. The number of sulfonamides is 1. The van der Waals surface area contributed by atoms with Crippen LogP contribution < -0.4 is 10.0 Å². The summed E-state index contributed by atoms with van der Waals surface area (Å²) in [7, 11) is 0.167. The van der Waals surface area contributed by atoms with E-state index in [9.17, 15) is 8.42 Å². The number of rotatable bonds is 10. The summed E-state index contributed by atoms with van der Waals surface area (Å²) >= 11 is 1.30. The van der Waals surface area contributed by atoms with Gasteiger partial charge in [0.2, 0.25) is 10.0 Å². The third-order valence-electron chi connectivity index (χ3n) is 2.57. The lowest BCUT2D eigenvalue weighted by Crippen LogP contribution is -2.24. The Bertz CT molecular complexity index is 457. The summed E-state index contributed by atoms with van der Waals surface area (Å²) in [4.78, 5) is 1.02. The van der Waals surface area contributed by atoms with Crippen molar-refractivity contribution >= 4 is 21.4 Å². The van der Waals surface area contributed by atoms with Crippen molar-refractivity contribution in [2.45, 2.75) is 30.0 Å². The van der Waals surface area contributed by atoms with Crippen molar-refractivity contribution in [3.63, 3.8) is 0 Å². The van der Waals surface area contributed by atoms with E-state index < -0.39 is 10.0 Å². The average Bonchev–Trinajstić information content (AvgIpc) is 2.83. The molecule has 0 aromatic carbocycles. The van der Waals surface area contributed by atoms with Gasteiger partial charge in [-0.2, -0.15) is 0 Å². The van der Waals surface area contributed by atoms with E-state index in [-0.39, 0.29) is 0 Å². The van der Waals surface area contributed by atoms with Gasteiger partial charge in [-0.3, -0.25) is 0 Å². The lowest BCUT2D eigenvalue weighted by Gasteiger charge is -2.04. The molecule has 0 saturated heterocycles. The number of methoxy groups -OCH3 is 1. The Kier molecular flexibility index (Phi) is 7.55. The number of nitrogens with one attached hydrogen (secondary N) is 2. The van der Waals surface area contributed by atoms with Crippen LogP contribution >= 0.6 is 11.3 Å². The van der Waals surface area contributed by atoms with Crippen molar-refractivity contribution in [3.05, 3.63) is 17.0 Å². The molecule has 0 radical (unpaired) electrons. The van der Waals surface area contributed by atoms with Crippen LogP contribution in [0.2, 0.25) is 0 Å². The first-order chi connectivity index (χ1) is 9.10. The van der Waals surface area contributed by atoms with E-state index in [1.54, 1.807) is 13.2 Å². The second-order valence-corrected chi connectivity index (χ2v) is 7.36. The van der Waals surface area contributed by atoms with Gasteiger partial charge in [0.15, 0.2) is 0 Å². The van der Waals surface area contributed by atoms with Crippen LogP contribution in [0.5, 0.6) is 0 Å². The van der Waals surface area contributed by atoms with Crippen molar-refractivity contribution in [1.29, 1.82) is 0 Å². The highest BCUT2D eigenvalue weighted by atomic mass is 32.2. The van der Waals surface area contributed by atoms with Crippen LogP contribution in [0.3, 0.4) is 0 Å². The highest BCUT2D eigenvalue weighted by Crippen LogP contribution is 2.21. The normalized spacial score (nSPS) is 11.9. The smallest absolute Gasteiger partial charge is 0.250 e. The van der Waals surface area contributed by atoms with Crippen LogP contribution in [0.4, 0.5) is 0 Å². The van der Waals surface area contributed by atoms with Crippen LogP contribution in [0.25, 0.3) is 0 Å². The Labute approximate surface area is 119 Å². The zero-order valence-corrected chi connectivity index (χ0v) is 13.1. The van der Waals surface area contributed by atoms with Crippen LogP contribution in [-0.4, -0.2) is 35.7 Å². The van der Waals surface area contributed by atoms with Gasteiger partial charge in [0.25, 0.3) is 0 Å². The maximum Gasteiger partial charge on any atom is 0.250 e. The van der Waals surface area contributed by atoms with E-state index in [0.717, 1.165) is 30.7 Å². The zero-order chi connectivity index (χ0) is 14.1. The van der Waals surface area contributed by atoms with Crippen LogP contribution in [-0.2, 0) is 21.3 Å².